The number of aryl methyl sites for hydroxylation is 1. The molecule has 3 aromatic carbocycles. The fourth-order valence-corrected chi connectivity index (χ4v) is 4.69. The number of amidine groups is 1. The third-order valence-electron chi connectivity index (χ3n) is 5.63. The summed E-state index contributed by atoms with van der Waals surface area (Å²) in [6, 6.07) is 16.2. The number of fused-ring (bicyclic) bond motifs is 1. The minimum atomic E-state index is -3.92. The average molecular weight is 481 g/mol. The van der Waals surface area contributed by atoms with E-state index >= 15 is 0 Å². The Balaban J connectivity index is 1.57. The van der Waals surface area contributed by atoms with Crippen molar-refractivity contribution in [2.75, 3.05) is 18.1 Å². The molecule has 1 amide bonds. The lowest BCUT2D eigenvalue weighted by Crippen LogP contribution is -2.38. The van der Waals surface area contributed by atoms with Gasteiger partial charge in [0.25, 0.3) is 0 Å². The fourth-order valence-electron chi connectivity index (χ4n) is 3.93. The minimum absolute atomic E-state index is 0.00582. The number of anilines is 1. The predicted molar refractivity (Wildman–Crippen MR) is 129 cm³/mol. The molecule has 0 fully saturated rings. The highest BCUT2D eigenvalue weighted by molar-refractivity contribution is 7.89. The number of nitrogen functional groups attached to an aromatic ring is 1. The third-order valence-corrected chi connectivity index (χ3v) is 6.60. The summed E-state index contributed by atoms with van der Waals surface area (Å²) in [5, 5.41) is 23.0. The zero-order valence-corrected chi connectivity index (χ0v) is 19.0. The highest BCUT2D eigenvalue weighted by Crippen LogP contribution is 2.37. The van der Waals surface area contributed by atoms with Gasteiger partial charge in [-0.3, -0.25) is 10.2 Å². The lowest BCUT2D eigenvalue weighted by molar-refractivity contribution is -0.118. The van der Waals surface area contributed by atoms with Gasteiger partial charge in [-0.15, -0.1) is 0 Å². The SMILES string of the molecule is N=C(N)c1ccc(O)c(CCC(=O)N2CCOc3cc(-c4ccccc4S(N)(=O)=O)ccc32)c1. The largest absolute Gasteiger partial charge is 0.508 e. The molecule has 0 aromatic heterocycles. The van der Waals surface area contributed by atoms with E-state index in [2.05, 4.69) is 0 Å². The molecule has 0 unspecified atom stereocenters. The number of benzene rings is 3. The highest BCUT2D eigenvalue weighted by atomic mass is 32.2. The van der Waals surface area contributed by atoms with Crippen molar-refractivity contribution in [3.8, 4) is 22.6 Å². The summed E-state index contributed by atoms with van der Waals surface area (Å²) >= 11 is 0. The molecule has 0 aliphatic carbocycles. The van der Waals surface area contributed by atoms with E-state index in [0.717, 1.165) is 0 Å². The Bertz CT molecular complexity index is 1390. The number of amides is 1. The molecule has 4 rings (SSSR count). The van der Waals surface area contributed by atoms with Crippen LogP contribution >= 0.6 is 0 Å². The summed E-state index contributed by atoms with van der Waals surface area (Å²) in [5.41, 5.74) is 8.15. The number of phenols is 1. The molecule has 0 bridgehead atoms. The first-order valence-electron chi connectivity index (χ1n) is 10.5. The lowest BCUT2D eigenvalue weighted by atomic mass is 10.0. The smallest absolute Gasteiger partial charge is 0.238 e. The van der Waals surface area contributed by atoms with Gasteiger partial charge in [0, 0.05) is 17.5 Å². The van der Waals surface area contributed by atoms with Crippen molar-refractivity contribution in [1.82, 2.24) is 0 Å². The summed E-state index contributed by atoms with van der Waals surface area (Å²) in [7, 11) is -3.92. The van der Waals surface area contributed by atoms with Gasteiger partial charge in [0.2, 0.25) is 15.9 Å². The maximum atomic E-state index is 13.0. The predicted octanol–water partition coefficient (Wildman–Crippen LogP) is 2.35. The molecule has 1 aliphatic heterocycles. The minimum Gasteiger partial charge on any atom is -0.508 e. The molecule has 3 aromatic rings. The Morgan fingerprint density at radius 1 is 1.12 bits per heavy atom. The number of nitrogens with zero attached hydrogens (tertiary/aromatic N) is 1. The quantitative estimate of drug-likeness (QED) is 0.313. The van der Waals surface area contributed by atoms with Gasteiger partial charge in [-0.05, 0) is 53.9 Å². The molecule has 9 nitrogen and oxygen atoms in total. The average Bonchev–Trinajstić information content (AvgIpc) is 2.82. The Hall–Kier alpha value is -3.89. The number of nitrogens with two attached hydrogens (primary N) is 2. The molecule has 0 atom stereocenters. The zero-order valence-electron chi connectivity index (χ0n) is 18.2. The second-order valence-electron chi connectivity index (χ2n) is 7.87. The molecule has 34 heavy (non-hydrogen) atoms. The number of rotatable bonds is 6. The van der Waals surface area contributed by atoms with Crippen molar-refractivity contribution in [2.24, 2.45) is 10.9 Å². The standard InChI is InChI=1S/C24H24N4O5S/c25-24(26)17-6-9-20(29)16(13-17)7-10-23(30)28-11-12-33-21-14-15(5-8-19(21)28)18-3-1-2-4-22(18)34(27,31)32/h1-6,8-9,13-14,29H,7,10-12H2,(H3,25,26)(H2,27,31,32). The van der Waals surface area contributed by atoms with Crippen LogP contribution in [0.4, 0.5) is 5.69 Å². The van der Waals surface area contributed by atoms with E-state index in [-0.39, 0.29) is 41.8 Å². The van der Waals surface area contributed by atoms with Gasteiger partial charge in [-0.1, -0.05) is 24.3 Å². The van der Waals surface area contributed by atoms with Gasteiger partial charge in [-0.25, -0.2) is 13.6 Å². The molecule has 1 heterocycles. The van der Waals surface area contributed by atoms with Gasteiger partial charge in [0.1, 0.15) is 23.9 Å². The monoisotopic (exact) mass is 480 g/mol. The van der Waals surface area contributed by atoms with Gasteiger partial charge in [-0.2, -0.15) is 0 Å². The zero-order chi connectivity index (χ0) is 24.5. The third kappa shape index (κ3) is 4.73. The molecule has 0 saturated carbocycles. The first-order chi connectivity index (χ1) is 16.1. The van der Waals surface area contributed by atoms with Crippen molar-refractivity contribution in [3.63, 3.8) is 0 Å². The number of hydrogen-bond donors (Lipinski definition) is 4. The van der Waals surface area contributed by atoms with Crippen LogP contribution in [-0.2, 0) is 21.2 Å². The van der Waals surface area contributed by atoms with Crippen LogP contribution in [0.5, 0.6) is 11.5 Å². The topological polar surface area (TPSA) is 160 Å². The Kier molecular flexibility index (Phi) is 6.27. The molecule has 0 radical (unpaired) electrons. The van der Waals surface area contributed by atoms with E-state index in [1.54, 1.807) is 53.4 Å². The normalized spacial score (nSPS) is 13.1. The van der Waals surface area contributed by atoms with Crippen LogP contribution in [0.3, 0.4) is 0 Å². The van der Waals surface area contributed by atoms with Crippen LogP contribution in [0.1, 0.15) is 17.5 Å². The van der Waals surface area contributed by atoms with Gasteiger partial charge in [0.05, 0.1) is 17.1 Å². The van der Waals surface area contributed by atoms with Crippen LogP contribution < -0.4 is 20.5 Å². The van der Waals surface area contributed by atoms with Crippen LogP contribution in [0.25, 0.3) is 11.1 Å². The van der Waals surface area contributed by atoms with Crippen molar-refractivity contribution >= 4 is 27.5 Å². The second kappa shape index (κ2) is 9.16. The summed E-state index contributed by atoms with van der Waals surface area (Å²) in [5.74, 6) is 0.227. The second-order valence-corrected chi connectivity index (χ2v) is 9.40. The molecular weight excluding hydrogens is 456 g/mol. The Morgan fingerprint density at radius 2 is 1.88 bits per heavy atom. The van der Waals surface area contributed by atoms with E-state index in [4.69, 9.17) is 21.0 Å². The van der Waals surface area contributed by atoms with Gasteiger partial charge >= 0.3 is 0 Å². The molecular formula is C24H24N4O5S. The van der Waals surface area contributed by atoms with Crippen molar-refractivity contribution in [3.05, 3.63) is 71.8 Å². The van der Waals surface area contributed by atoms with Crippen molar-refractivity contribution in [1.29, 1.82) is 5.41 Å². The highest BCUT2D eigenvalue weighted by Gasteiger charge is 2.25. The first kappa shape index (κ1) is 23.3. The summed E-state index contributed by atoms with van der Waals surface area (Å²) in [6.07, 6.45) is 0.405. The number of aromatic hydroxyl groups is 1. The number of hydrogen-bond acceptors (Lipinski definition) is 6. The Morgan fingerprint density at radius 3 is 2.62 bits per heavy atom. The van der Waals surface area contributed by atoms with Gasteiger partial charge < -0.3 is 20.5 Å². The van der Waals surface area contributed by atoms with E-state index in [1.807, 2.05) is 0 Å². The number of primary sulfonamides is 1. The number of ether oxygens (including phenoxy) is 1. The number of phenolic OH excluding ortho intramolecular Hbond substituents is 1. The number of sulfonamides is 1. The van der Waals surface area contributed by atoms with Crippen molar-refractivity contribution < 1.29 is 23.1 Å². The number of carbonyl (C=O) groups is 1. The molecule has 1 aliphatic rings. The Labute approximate surface area is 197 Å². The maximum absolute atomic E-state index is 13.0. The van der Waals surface area contributed by atoms with E-state index in [1.165, 1.54) is 12.1 Å². The summed E-state index contributed by atoms with van der Waals surface area (Å²) < 4.78 is 29.7. The van der Waals surface area contributed by atoms with Crippen LogP contribution in [-0.4, -0.2) is 38.4 Å². The van der Waals surface area contributed by atoms with Crippen LogP contribution in [0, 0.1) is 5.41 Å². The molecule has 6 N–H and O–H groups in total. The maximum Gasteiger partial charge on any atom is 0.238 e. The van der Waals surface area contributed by atoms with Gasteiger partial charge in [0.15, 0.2) is 0 Å². The molecule has 0 spiro atoms. The van der Waals surface area contributed by atoms with E-state index < -0.39 is 10.0 Å². The number of nitrogens with one attached hydrogen (secondary N) is 1. The van der Waals surface area contributed by atoms with Crippen LogP contribution in [0.2, 0.25) is 0 Å². The summed E-state index contributed by atoms with van der Waals surface area (Å²) in [4.78, 5) is 14.6. The molecule has 0 saturated heterocycles. The fraction of sp³-hybridized carbons (Fsp3) is 0.167. The molecule has 176 valence electrons. The molecule has 10 heteroatoms. The van der Waals surface area contributed by atoms with E-state index in [9.17, 15) is 18.3 Å². The summed E-state index contributed by atoms with van der Waals surface area (Å²) in [6.45, 7) is 0.641. The number of carbonyl (C=O) groups excluding carboxylic acids is 1. The van der Waals surface area contributed by atoms with Crippen molar-refractivity contribution in [2.45, 2.75) is 17.7 Å². The van der Waals surface area contributed by atoms with E-state index in [0.29, 0.717) is 40.2 Å². The first-order valence-corrected chi connectivity index (χ1v) is 12.1. The lowest BCUT2D eigenvalue weighted by Gasteiger charge is -2.30. The van der Waals surface area contributed by atoms with Crippen LogP contribution in [0.15, 0.2) is 65.6 Å².